The second kappa shape index (κ2) is 9.60. The zero-order valence-electron chi connectivity index (χ0n) is 17.9. The van der Waals surface area contributed by atoms with Gasteiger partial charge < -0.3 is 10.2 Å². The van der Waals surface area contributed by atoms with Crippen LogP contribution in [-0.2, 0) is 4.79 Å². The summed E-state index contributed by atoms with van der Waals surface area (Å²) in [5.74, 6) is 0.675. The maximum absolute atomic E-state index is 12.9. The van der Waals surface area contributed by atoms with Crippen molar-refractivity contribution < 1.29 is 9.59 Å². The maximum atomic E-state index is 12.9. The van der Waals surface area contributed by atoms with E-state index < -0.39 is 0 Å². The molecule has 3 heterocycles. The van der Waals surface area contributed by atoms with E-state index in [9.17, 15) is 9.59 Å². The molecule has 0 aliphatic carbocycles. The number of likely N-dealkylation sites (N-methyl/N-ethyl adjacent to an activating group) is 1. The van der Waals surface area contributed by atoms with Crippen LogP contribution in [0, 0.1) is 5.92 Å². The van der Waals surface area contributed by atoms with Gasteiger partial charge in [-0.25, -0.2) is 0 Å². The zero-order valence-corrected chi connectivity index (χ0v) is 17.9. The maximum Gasteiger partial charge on any atom is 0.274 e. The van der Waals surface area contributed by atoms with Crippen LogP contribution in [0.2, 0.25) is 0 Å². The number of H-pyrrole nitrogens is 1. The first-order chi connectivity index (χ1) is 14.7. The highest BCUT2D eigenvalue weighted by atomic mass is 16.2. The molecular weight excluding hydrogens is 378 g/mol. The Morgan fingerprint density at radius 3 is 2.77 bits per heavy atom. The van der Waals surface area contributed by atoms with Gasteiger partial charge in [0.1, 0.15) is 0 Å². The number of hydrogen-bond acceptors (Lipinski definition) is 4. The summed E-state index contributed by atoms with van der Waals surface area (Å²) in [6.07, 6.45) is 5.82. The lowest BCUT2D eigenvalue weighted by molar-refractivity contribution is -0.121. The molecule has 1 aromatic heterocycles. The van der Waals surface area contributed by atoms with Crippen molar-refractivity contribution in [2.45, 2.75) is 51.5 Å². The molecule has 0 spiro atoms. The second-order valence-electron chi connectivity index (χ2n) is 8.62. The van der Waals surface area contributed by atoms with Crippen LogP contribution in [0.1, 0.15) is 55.9 Å². The SMILES string of the molecule is CCN1CCCC1CNC(=O)CCC1CCN(C(=O)c2n[nH]c3ccccc23)CC1. The zero-order chi connectivity index (χ0) is 20.9. The smallest absolute Gasteiger partial charge is 0.274 e. The minimum absolute atomic E-state index is 0.000634. The predicted octanol–water partition coefficient (Wildman–Crippen LogP) is 2.80. The Kier molecular flexibility index (Phi) is 6.67. The van der Waals surface area contributed by atoms with Crippen LogP contribution in [0.15, 0.2) is 24.3 Å². The average molecular weight is 412 g/mol. The van der Waals surface area contributed by atoms with Crippen LogP contribution in [-0.4, -0.2) is 70.6 Å². The number of nitrogens with one attached hydrogen (secondary N) is 2. The number of aromatic nitrogens is 2. The summed E-state index contributed by atoms with van der Waals surface area (Å²) in [7, 11) is 0. The van der Waals surface area contributed by atoms with Crippen LogP contribution in [0.5, 0.6) is 0 Å². The molecule has 2 N–H and O–H groups in total. The summed E-state index contributed by atoms with van der Waals surface area (Å²) in [4.78, 5) is 29.5. The third kappa shape index (κ3) is 4.67. The molecule has 1 atom stereocenters. The standard InChI is InChI=1S/C23H33N5O2/c1-2-27-13-5-6-18(27)16-24-21(29)10-9-17-11-14-28(15-12-17)23(30)22-19-7-3-4-8-20(19)25-26-22/h3-4,7-8,17-18H,2,5-6,9-16H2,1H3,(H,24,29)(H,25,26). The fraction of sp³-hybridized carbons (Fsp3) is 0.609. The summed E-state index contributed by atoms with van der Waals surface area (Å²) in [6.45, 7) is 6.65. The number of aromatic amines is 1. The summed E-state index contributed by atoms with van der Waals surface area (Å²) < 4.78 is 0. The fourth-order valence-electron chi connectivity index (χ4n) is 4.90. The monoisotopic (exact) mass is 411 g/mol. The van der Waals surface area contributed by atoms with Gasteiger partial charge in [-0.05, 0) is 57.2 Å². The van der Waals surface area contributed by atoms with Gasteiger partial charge in [-0.2, -0.15) is 5.10 Å². The lowest BCUT2D eigenvalue weighted by Gasteiger charge is -2.31. The van der Waals surface area contributed by atoms with E-state index in [0.717, 1.165) is 62.9 Å². The van der Waals surface area contributed by atoms with E-state index >= 15 is 0 Å². The van der Waals surface area contributed by atoms with Crippen molar-refractivity contribution in [1.29, 1.82) is 0 Å². The van der Waals surface area contributed by atoms with Gasteiger partial charge in [-0.3, -0.25) is 19.6 Å². The average Bonchev–Trinajstić information content (AvgIpc) is 3.42. The van der Waals surface area contributed by atoms with Crippen molar-refractivity contribution >= 4 is 22.7 Å². The van der Waals surface area contributed by atoms with Crippen molar-refractivity contribution in [3.63, 3.8) is 0 Å². The molecule has 0 bridgehead atoms. The number of rotatable bonds is 7. The first kappa shape index (κ1) is 20.8. The third-order valence-electron chi connectivity index (χ3n) is 6.79. The number of para-hydroxylation sites is 1. The molecule has 7 nitrogen and oxygen atoms in total. The van der Waals surface area contributed by atoms with Crippen LogP contribution in [0.4, 0.5) is 0 Å². The quantitative estimate of drug-likeness (QED) is 0.734. The number of nitrogens with zero attached hydrogens (tertiary/aromatic N) is 3. The van der Waals surface area contributed by atoms with Crippen molar-refractivity contribution in [3.05, 3.63) is 30.0 Å². The number of carbonyl (C=O) groups is 2. The largest absolute Gasteiger partial charge is 0.355 e. The number of carbonyl (C=O) groups excluding carboxylic acids is 2. The van der Waals surface area contributed by atoms with Gasteiger partial charge in [0, 0.05) is 37.5 Å². The van der Waals surface area contributed by atoms with E-state index in [0.29, 0.717) is 24.1 Å². The number of likely N-dealkylation sites (tertiary alicyclic amines) is 2. The number of piperidine rings is 1. The van der Waals surface area contributed by atoms with Crippen LogP contribution in [0.25, 0.3) is 10.9 Å². The van der Waals surface area contributed by atoms with E-state index in [4.69, 9.17) is 0 Å². The molecule has 1 aromatic carbocycles. The van der Waals surface area contributed by atoms with Crippen LogP contribution >= 0.6 is 0 Å². The minimum atomic E-state index is 0.000634. The Labute approximate surface area is 178 Å². The molecule has 7 heteroatoms. The van der Waals surface area contributed by atoms with Crippen molar-refractivity contribution in [1.82, 2.24) is 25.3 Å². The molecule has 162 valence electrons. The highest BCUT2D eigenvalue weighted by molar-refractivity contribution is 6.04. The summed E-state index contributed by atoms with van der Waals surface area (Å²) >= 11 is 0. The van der Waals surface area contributed by atoms with Gasteiger partial charge in [0.15, 0.2) is 5.69 Å². The predicted molar refractivity (Wildman–Crippen MR) is 117 cm³/mol. The minimum Gasteiger partial charge on any atom is -0.355 e. The molecule has 1 unspecified atom stereocenters. The third-order valence-corrected chi connectivity index (χ3v) is 6.79. The molecule has 4 rings (SSSR count). The molecular formula is C23H33N5O2. The van der Waals surface area contributed by atoms with Gasteiger partial charge in [-0.15, -0.1) is 0 Å². The van der Waals surface area contributed by atoms with Gasteiger partial charge in [-0.1, -0.05) is 25.1 Å². The lowest BCUT2D eigenvalue weighted by atomic mass is 9.92. The summed E-state index contributed by atoms with van der Waals surface area (Å²) in [5, 5.41) is 11.2. The molecule has 0 radical (unpaired) electrons. The number of hydrogen-bond donors (Lipinski definition) is 2. The van der Waals surface area contributed by atoms with Crippen molar-refractivity contribution in [2.75, 3.05) is 32.7 Å². The number of amides is 2. The van der Waals surface area contributed by atoms with E-state index in [1.807, 2.05) is 29.2 Å². The molecule has 2 fully saturated rings. The number of fused-ring (bicyclic) bond motifs is 1. The van der Waals surface area contributed by atoms with Crippen LogP contribution in [0.3, 0.4) is 0 Å². The first-order valence-corrected chi connectivity index (χ1v) is 11.4. The molecule has 30 heavy (non-hydrogen) atoms. The molecule has 2 aliphatic rings. The second-order valence-corrected chi connectivity index (χ2v) is 8.62. The first-order valence-electron chi connectivity index (χ1n) is 11.4. The van der Waals surface area contributed by atoms with Crippen LogP contribution < -0.4 is 5.32 Å². The van der Waals surface area contributed by atoms with Gasteiger partial charge in [0.25, 0.3) is 5.91 Å². The van der Waals surface area contributed by atoms with E-state index in [-0.39, 0.29) is 11.8 Å². The van der Waals surface area contributed by atoms with E-state index in [1.165, 1.54) is 12.8 Å². The highest BCUT2D eigenvalue weighted by Crippen LogP contribution is 2.24. The Morgan fingerprint density at radius 2 is 1.97 bits per heavy atom. The summed E-state index contributed by atoms with van der Waals surface area (Å²) in [5.41, 5.74) is 1.40. The normalized spacial score (nSPS) is 20.7. The molecule has 0 saturated carbocycles. The topological polar surface area (TPSA) is 81.3 Å². The van der Waals surface area contributed by atoms with Crippen molar-refractivity contribution in [3.8, 4) is 0 Å². The highest BCUT2D eigenvalue weighted by Gasteiger charge is 2.27. The van der Waals surface area contributed by atoms with Gasteiger partial charge >= 0.3 is 0 Å². The Hall–Kier alpha value is -2.41. The Morgan fingerprint density at radius 1 is 1.17 bits per heavy atom. The van der Waals surface area contributed by atoms with Crippen molar-refractivity contribution in [2.24, 2.45) is 5.92 Å². The lowest BCUT2D eigenvalue weighted by Crippen LogP contribution is -2.40. The Balaban J connectivity index is 1.19. The van der Waals surface area contributed by atoms with E-state index in [1.54, 1.807) is 0 Å². The summed E-state index contributed by atoms with van der Waals surface area (Å²) in [6, 6.07) is 8.24. The number of benzene rings is 1. The molecule has 2 saturated heterocycles. The van der Waals surface area contributed by atoms with Gasteiger partial charge in [0.05, 0.1) is 5.52 Å². The fourth-order valence-corrected chi connectivity index (χ4v) is 4.90. The van der Waals surface area contributed by atoms with E-state index in [2.05, 4.69) is 27.3 Å². The molecule has 2 aromatic rings. The molecule has 2 amide bonds. The Bertz CT molecular complexity index is 871. The molecule has 2 aliphatic heterocycles. The van der Waals surface area contributed by atoms with Gasteiger partial charge in [0.2, 0.25) is 5.91 Å².